The molecule has 3 aromatic rings. The lowest BCUT2D eigenvalue weighted by Crippen LogP contribution is -2.20. The fourth-order valence-electron chi connectivity index (χ4n) is 2.39. The van der Waals surface area contributed by atoms with Crippen LogP contribution in [0.2, 0.25) is 5.02 Å². The number of carbonyl (C=O) groups excluding carboxylic acids is 1. The average Bonchev–Trinajstić information content (AvgIpc) is 3.00. The molecule has 0 aliphatic rings. The summed E-state index contributed by atoms with van der Waals surface area (Å²) < 4.78 is 10.7. The summed E-state index contributed by atoms with van der Waals surface area (Å²) in [6, 6.07) is 14.6. The molecule has 0 radical (unpaired) electrons. The van der Waals surface area contributed by atoms with Gasteiger partial charge in [-0.3, -0.25) is 10.1 Å². The third kappa shape index (κ3) is 4.33. The molecule has 1 aromatic heterocycles. The lowest BCUT2D eigenvalue weighted by molar-refractivity contribution is -0.118. The fourth-order valence-corrected chi connectivity index (χ4v) is 3.43. The number of hydrogen-bond donors (Lipinski definition) is 1. The van der Waals surface area contributed by atoms with Crippen LogP contribution in [0.4, 0.5) is 5.13 Å². The Hall–Kier alpha value is -2.57. The number of nitrogens with one attached hydrogen (secondary N) is 1. The van der Waals surface area contributed by atoms with Crippen LogP contribution in [0.15, 0.2) is 48.5 Å². The van der Waals surface area contributed by atoms with Gasteiger partial charge in [-0.2, -0.15) is 0 Å². The van der Waals surface area contributed by atoms with Crippen LogP contribution in [0.3, 0.4) is 0 Å². The van der Waals surface area contributed by atoms with Gasteiger partial charge in [0.1, 0.15) is 0 Å². The lowest BCUT2D eigenvalue weighted by atomic mass is 10.1. The molecule has 7 heteroatoms. The minimum Gasteiger partial charge on any atom is -0.493 e. The molecule has 26 heavy (non-hydrogen) atoms. The van der Waals surface area contributed by atoms with Gasteiger partial charge in [-0.25, -0.2) is 4.98 Å². The number of thiazole rings is 1. The largest absolute Gasteiger partial charge is 0.493 e. The summed E-state index contributed by atoms with van der Waals surface area (Å²) in [6.45, 7) is 1.82. The zero-order valence-electron chi connectivity index (χ0n) is 14.3. The highest BCUT2D eigenvalue weighted by Crippen LogP contribution is 2.31. The van der Waals surface area contributed by atoms with Gasteiger partial charge in [0.25, 0.3) is 5.91 Å². The molecule has 0 spiro atoms. The third-order valence-electron chi connectivity index (χ3n) is 3.57. The molecule has 0 atom stereocenters. The Morgan fingerprint density at radius 1 is 1.19 bits per heavy atom. The normalized spacial score (nSPS) is 10.4. The molecular formula is C19H17ClN2O3S. The SMILES string of the molecule is COc1ccccc1OCC(=O)Nc1nc(-c2cccc(Cl)c2)c(C)s1. The van der Waals surface area contributed by atoms with Crippen molar-refractivity contribution in [1.82, 2.24) is 4.98 Å². The van der Waals surface area contributed by atoms with E-state index in [-0.39, 0.29) is 12.5 Å². The Labute approximate surface area is 160 Å². The maximum atomic E-state index is 12.2. The van der Waals surface area contributed by atoms with Crippen molar-refractivity contribution in [2.24, 2.45) is 0 Å². The summed E-state index contributed by atoms with van der Waals surface area (Å²) in [5.74, 6) is 0.802. The van der Waals surface area contributed by atoms with Gasteiger partial charge in [-0.05, 0) is 31.2 Å². The Kier molecular flexibility index (Phi) is 5.75. The number of aryl methyl sites for hydroxylation is 1. The molecule has 0 unspecified atom stereocenters. The molecule has 1 amide bonds. The van der Waals surface area contributed by atoms with E-state index in [4.69, 9.17) is 21.1 Å². The predicted octanol–water partition coefficient (Wildman–Crippen LogP) is 4.80. The summed E-state index contributed by atoms with van der Waals surface area (Å²) in [5.41, 5.74) is 1.72. The highest BCUT2D eigenvalue weighted by molar-refractivity contribution is 7.16. The minimum atomic E-state index is -0.290. The van der Waals surface area contributed by atoms with Crippen LogP contribution < -0.4 is 14.8 Å². The molecule has 0 aliphatic carbocycles. The van der Waals surface area contributed by atoms with E-state index in [0.717, 1.165) is 16.1 Å². The standard InChI is InChI=1S/C19H17ClN2O3S/c1-12-18(13-6-5-7-14(20)10-13)22-19(26-12)21-17(23)11-25-16-9-4-3-8-15(16)24-2/h3-10H,11H2,1-2H3,(H,21,22,23). The minimum absolute atomic E-state index is 0.133. The summed E-state index contributed by atoms with van der Waals surface area (Å²) in [6.07, 6.45) is 0. The second kappa shape index (κ2) is 8.21. The van der Waals surface area contributed by atoms with E-state index >= 15 is 0 Å². The van der Waals surface area contributed by atoms with Crippen molar-refractivity contribution in [1.29, 1.82) is 0 Å². The van der Waals surface area contributed by atoms with E-state index < -0.39 is 0 Å². The molecule has 0 aliphatic heterocycles. The molecule has 2 aromatic carbocycles. The van der Waals surface area contributed by atoms with E-state index in [1.807, 2.05) is 43.3 Å². The zero-order valence-corrected chi connectivity index (χ0v) is 15.9. The number of hydrogen-bond acceptors (Lipinski definition) is 5. The lowest BCUT2D eigenvalue weighted by Gasteiger charge is -2.09. The van der Waals surface area contributed by atoms with E-state index in [9.17, 15) is 4.79 Å². The first kappa shape index (κ1) is 18.2. The van der Waals surface area contributed by atoms with E-state index in [2.05, 4.69) is 10.3 Å². The van der Waals surface area contributed by atoms with Crippen LogP contribution in [0.5, 0.6) is 11.5 Å². The van der Waals surface area contributed by atoms with Crippen molar-refractivity contribution < 1.29 is 14.3 Å². The molecule has 3 rings (SSSR count). The van der Waals surface area contributed by atoms with Gasteiger partial charge >= 0.3 is 0 Å². The number of benzene rings is 2. The van der Waals surface area contributed by atoms with Crippen LogP contribution in [0.1, 0.15) is 4.88 Å². The highest BCUT2D eigenvalue weighted by atomic mass is 35.5. The first-order valence-electron chi connectivity index (χ1n) is 7.86. The van der Waals surface area contributed by atoms with Crippen LogP contribution in [-0.4, -0.2) is 24.6 Å². The molecule has 134 valence electrons. The molecule has 0 bridgehead atoms. The first-order valence-corrected chi connectivity index (χ1v) is 9.05. The topological polar surface area (TPSA) is 60.5 Å². The number of rotatable bonds is 6. The van der Waals surface area contributed by atoms with Crippen molar-refractivity contribution >= 4 is 34.0 Å². The van der Waals surface area contributed by atoms with Gasteiger partial charge in [0.2, 0.25) is 0 Å². The molecule has 0 saturated carbocycles. The van der Waals surface area contributed by atoms with Gasteiger partial charge < -0.3 is 9.47 Å². The second-order valence-electron chi connectivity index (χ2n) is 5.42. The van der Waals surface area contributed by atoms with Crippen LogP contribution in [-0.2, 0) is 4.79 Å². The van der Waals surface area contributed by atoms with E-state index in [1.165, 1.54) is 11.3 Å². The highest BCUT2D eigenvalue weighted by Gasteiger charge is 2.13. The summed E-state index contributed by atoms with van der Waals surface area (Å²) >= 11 is 7.45. The second-order valence-corrected chi connectivity index (χ2v) is 7.06. The molecule has 0 saturated heterocycles. The van der Waals surface area contributed by atoms with Gasteiger partial charge in [-0.1, -0.05) is 35.9 Å². The predicted molar refractivity (Wildman–Crippen MR) is 104 cm³/mol. The number of para-hydroxylation sites is 2. The molecule has 0 fully saturated rings. The number of nitrogens with zero attached hydrogens (tertiary/aromatic N) is 1. The Morgan fingerprint density at radius 3 is 2.69 bits per heavy atom. The van der Waals surface area contributed by atoms with Gasteiger partial charge in [0.15, 0.2) is 23.2 Å². The molecule has 1 heterocycles. The van der Waals surface area contributed by atoms with Crippen LogP contribution in [0, 0.1) is 6.92 Å². The zero-order chi connectivity index (χ0) is 18.5. The van der Waals surface area contributed by atoms with Gasteiger partial charge in [0, 0.05) is 15.5 Å². The van der Waals surface area contributed by atoms with E-state index in [0.29, 0.717) is 21.7 Å². The first-order chi connectivity index (χ1) is 12.6. The van der Waals surface area contributed by atoms with Crippen LogP contribution in [0.25, 0.3) is 11.3 Å². The van der Waals surface area contributed by atoms with Crippen molar-refractivity contribution in [3.8, 4) is 22.8 Å². The van der Waals surface area contributed by atoms with Crippen molar-refractivity contribution in [3.05, 3.63) is 58.4 Å². The van der Waals surface area contributed by atoms with Crippen molar-refractivity contribution in [2.75, 3.05) is 19.0 Å². The maximum Gasteiger partial charge on any atom is 0.264 e. The number of methoxy groups -OCH3 is 1. The van der Waals surface area contributed by atoms with Crippen LogP contribution >= 0.6 is 22.9 Å². The summed E-state index contributed by atoms with van der Waals surface area (Å²) in [4.78, 5) is 17.7. The number of aromatic nitrogens is 1. The number of halogens is 1. The molecular weight excluding hydrogens is 372 g/mol. The van der Waals surface area contributed by atoms with Gasteiger partial charge in [0.05, 0.1) is 12.8 Å². The van der Waals surface area contributed by atoms with Crippen molar-refractivity contribution in [3.63, 3.8) is 0 Å². The van der Waals surface area contributed by atoms with E-state index in [1.54, 1.807) is 19.2 Å². The number of carbonyl (C=O) groups is 1. The Bertz CT molecular complexity index is 927. The fraction of sp³-hybridized carbons (Fsp3) is 0.158. The Balaban J connectivity index is 1.66. The Morgan fingerprint density at radius 2 is 1.96 bits per heavy atom. The average molecular weight is 389 g/mol. The molecule has 1 N–H and O–H groups in total. The maximum absolute atomic E-state index is 12.2. The smallest absolute Gasteiger partial charge is 0.264 e. The summed E-state index contributed by atoms with van der Waals surface area (Å²) in [5, 5.41) is 3.93. The number of ether oxygens (including phenoxy) is 2. The third-order valence-corrected chi connectivity index (χ3v) is 4.69. The summed E-state index contributed by atoms with van der Waals surface area (Å²) in [7, 11) is 1.55. The monoisotopic (exact) mass is 388 g/mol. The van der Waals surface area contributed by atoms with Gasteiger partial charge in [-0.15, -0.1) is 11.3 Å². The number of anilines is 1. The molecule has 5 nitrogen and oxygen atoms in total. The quantitative estimate of drug-likeness (QED) is 0.659. The van der Waals surface area contributed by atoms with Crippen molar-refractivity contribution in [2.45, 2.75) is 6.92 Å². The number of amides is 1.